The van der Waals surface area contributed by atoms with Gasteiger partial charge in [-0.3, -0.25) is 0 Å². The molecular weight excluding hydrogens is 368 g/mol. The molecule has 28 heavy (non-hydrogen) atoms. The molecule has 0 bridgehead atoms. The highest BCUT2D eigenvalue weighted by molar-refractivity contribution is 7.22. The molecule has 0 amide bonds. The minimum Gasteiger partial charge on any atom is -0.491 e. The van der Waals surface area contributed by atoms with Crippen molar-refractivity contribution < 1.29 is 4.74 Å². The first-order valence-corrected chi connectivity index (χ1v) is 11.3. The Balaban J connectivity index is 2.12. The van der Waals surface area contributed by atoms with Crippen molar-refractivity contribution in [2.45, 2.75) is 67.2 Å². The molecule has 6 heteroatoms. The lowest BCUT2D eigenvalue weighted by Crippen LogP contribution is -2.23. The summed E-state index contributed by atoms with van der Waals surface area (Å²) in [6.07, 6.45) is 4.51. The third-order valence-electron chi connectivity index (χ3n) is 4.84. The molecule has 0 fully saturated rings. The van der Waals surface area contributed by atoms with Gasteiger partial charge >= 0.3 is 0 Å². The maximum absolute atomic E-state index is 7.54. The zero-order chi connectivity index (χ0) is 20.7. The van der Waals surface area contributed by atoms with Crippen molar-refractivity contribution in [3.8, 4) is 5.75 Å². The van der Waals surface area contributed by atoms with Gasteiger partial charge in [-0.1, -0.05) is 52.4 Å². The Labute approximate surface area is 174 Å². The lowest BCUT2D eigenvalue weighted by atomic mass is 9.84. The van der Waals surface area contributed by atoms with Crippen LogP contribution in [0.3, 0.4) is 0 Å². The highest BCUT2D eigenvalue weighted by atomic mass is 32.1. The van der Waals surface area contributed by atoms with Gasteiger partial charge in [0.2, 0.25) is 0 Å². The molecule has 2 rings (SSSR count). The Morgan fingerprint density at radius 3 is 2.64 bits per heavy atom. The molecular formula is C22H36N4OS. The number of nitrogens with zero attached hydrogens (tertiary/aromatic N) is 3. The van der Waals surface area contributed by atoms with E-state index in [1.54, 1.807) is 11.3 Å². The van der Waals surface area contributed by atoms with Crippen LogP contribution in [-0.4, -0.2) is 24.7 Å². The summed E-state index contributed by atoms with van der Waals surface area (Å²) in [5.41, 5.74) is 9.38. The Morgan fingerprint density at radius 2 is 2.04 bits per heavy atom. The second-order valence-electron chi connectivity index (χ2n) is 8.84. The van der Waals surface area contributed by atoms with Crippen molar-refractivity contribution in [2.24, 2.45) is 16.4 Å². The Kier molecular flexibility index (Phi) is 8.23. The third-order valence-corrected chi connectivity index (χ3v) is 5.92. The molecule has 1 heterocycles. The molecule has 0 aliphatic carbocycles. The summed E-state index contributed by atoms with van der Waals surface area (Å²) in [6, 6.07) is 3.88. The predicted octanol–water partition coefficient (Wildman–Crippen LogP) is 7.43. The fraction of sp³-hybridized carbons (Fsp3) is 0.682. The van der Waals surface area contributed by atoms with Crippen LogP contribution in [0.2, 0.25) is 0 Å². The Bertz CT molecular complexity index is 766. The lowest BCUT2D eigenvalue weighted by molar-refractivity contribution is 0.241. The lowest BCUT2D eigenvalue weighted by Gasteiger charge is -2.23. The molecule has 2 aromatic rings. The van der Waals surface area contributed by atoms with Crippen molar-refractivity contribution in [1.29, 1.82) is 5.53 Å². The number of aromatic nitrogens is 1. The maximum atomic E-state index is 7.54. The Morgan fingerprint density at radius 1 is 1.29 bits per heavy atom. The molecule has 0 aliphatic rings. The second kappa shape index (κ2) is 10.2. The largest absolute Gasteiger partial charge is 0.491 e. The van der Waals surface area contributed by atoms with Crippen LogP contribution in [0.25, 0.3) is 10.2 Å². The van der Waals surface area contributed by atoms with Crippen LogP contribution in [-0.2, 0) is 0 Å². The molecule has 5 nitrogen and oxygen atoms in total. The molecule has 0 aliphatic heterocycles. The minimum absolute atomic E-state index is 0.333. The molecule has 0 saturated heterocycles. The second-order valence-corrected chi connectivity index (χ2v) is 9.85. The summed E-state index contributed by atoms with van der Waals surface area (Å²) >= 11 is 1.67. The van der Waals surface area contributed by atoms with Gasteiger partial charge in [-0.25, -0.2) is 10.5 Å². The fourth-order valence-corrected chi connectivity index (χ4v) is 4.60. The van der Waals surface area contributed by atoms with Gasteiger partial charge in [0.15, 0.2) is 5.13 Å². The van der Waals surface area contributed by atoms with E-state index in [1.165, 1.54) is 12.8 Å². The van der Waals surface area contributed by atoms with Crippen molar-refractivity contribution in [3.05, 3.63) is 12.1 Å². The first-order valence-electron chi connectivity index (χ1n) is 10.5. The minimum atomic E-state index is 0.333. The van der Waals surface area contributed by atoms with Gasteiger partial charge in [0.05, 0.1) is 16.8 Å². The van der Waals surface area contributed by atoms with Gasteiger partial charge in [0.25, 0.3) is 0 Å². The van der Waals surface area contributed by atoms with Crippen LogP contribution in [0, 0.1) is 16.9 Å². The van der Waals surface area contributed by atoms with Crippen LogP contribution >= 0.6 is 11.3 Å². The van der Waals surface area contributed by atoms with Gasteiger partial charge in [-0.2, -0.15) is 5.11 Å². The van der Waals surface area contributed by atoms with Crippen LogP contribution in [0.5, 0.6) is 5.75 Å². The highest BCUT2D eigenvalue weighted by Crippen LogP contribution is 2.38. The number of hydrogen-bond donors (Lipinski definition) is 1. The number of ether oxygens (including phenoxy) is 1. The van der Waals surface area contributed by atoms with Crippen molar-refractivity contribution >= 4 is 32.4 Å². The number of anilines is 1. The first-order chi connectivity index (χ1) is 13.3. The number of nitrogens with one attached hydrogen (secondary N) is 1. The molecule has 156 valence electrons. The summed E-state index contributed by atoms with van der Waals surface area (Å²) < 4.78 is 7.08. The Hall–Kier alpha value is -1.69. The smallest absolute Gasteiger partial charge is 0.186 e. The van der Waals surface area contributed by atoms with E-state index < -0.39 is 0 Å². The average Bonchev–Trinajstić information content (AvgIpc) is 3.02. The molecule has 1 aromatic heterocycles. The van der Waals surface area contributed by atoms with Crippen LogP contribution in [0.4, 0.5) is 10.8 Å². The molecule has 1 aromatic carbocycles. The monoisotopic (exact) mass is 404 g/mol. The zero-order valence-corrected chi connectivity index (χ0v) is 19.2. The van der Waals surface area contributed by atoms with E-state index in [2.05, 4.69) is 51.6 Å². The van der Waals surface area contributed by atoms with E-state index in [9.17, 15) is 0 Å². The fourth-order valence-electron chi connectivity index (χ4n) is 3.53. The molecule has 0 radical (unpaired) electrons. The van der Waals surface area contributed by atoms with Gasteiger partial charge in [-0.15, -0.1) is 0 Å². The number of unbranched alkanes of at least 4 members (excludes halogenated alkanes) is 1. The summed E-state index contributed by atoms with van der Waals surface area (Å²) in [6.45, 7) is 16.1. The number of fused-ring (bicyclic) bond motifs is 1. The molecule has 1 unspecified atom stereocenters. The highest BCUT2D eigenvalue weighted by Gasteiger charge is 2.17. The van der Waals surface area contributed by atoms with Gasteiger partial charge in [0, 0.05) is 19.2 Å². The van der Waals surface area contributed by atoms with Gasteiger partial charge < -0.3 is 9.64 Å². The summed E-state index contributed by atoms with van der Waals surface area (Å²) in [5, 5.41) is 4.73. The van der Waals surface area contributed by atoms with E-state index in [0.29, 0.717) is 29.4 Å². The molecule has 1 N–H and O–H groups in total. The normalized spacial score (nSPS) is 12.9. The first kappa shape index (κ1) is 22.6. The van der Waals surface area contributed by atoms with Crippen molar-refractivity contribution in [2.75, 3.05) is 24.6 Å². The molecule has 0 saturated carbocycles. The average molecular weight is 405 g/mol. The topological polar surface area (TPSA) is 61.6 Å². The summed E-state index contributed by atoms with van der Waals surface area (Å²) in [7, 11) is 0. The van der Waals surface area contributed by atoms with E-state index in [1.807, 2.05) is 12.1 Å². The third kappa shape index (κ3) is 6.43. The number of benzene rings is 1. The predicted molar refractivity (Wildman–Crippen MR) is 121 cm³/mol. The maximum Gasteiger partial charge on any atom is 0.186 e. The standard InChI is InChI=1S/C22H36N4OS/c1-7-9-11-26(8-2)21-24-18-13-19(17(25-23)14-20(18)28-21)27-12-10-16(3)15-22(4,5)6/h13-14,16,23H,7-12,15H2,1-6H3. The van der Waals surface area contributed by atoms with Crippen molar-refractivity contribution in [3.63, 3.8) is 0 Å². The van der Waals surface area contributed by atoms with Crippen LogP contribution in [0.1, 0.15) is 67.2 Å². The summed E-state index contributed by atoms with van der Waals surface area (Å²) in [5.74, 6) is 1.27. The number of rotatable bonds is 11. The van der Waals surface area contributed by atoms with Crippen molar-refractivity contribution in [1.82, 2.24) is 4.98 Å². The molecule has 0 spiro atoms. The quantitative estimate of drug-likeness (QED) is 0.396. The van der Waals surface area contributed by atoms with E-state index >= 15 is 0 Å². The van der Waals surface area contributed by atoms with E-state index in [-0.39, 0.29) is 0 Å². The number of thiazole rings is 1. The van der Waals surface area contributed by atoms with E-state index in [0.717, 1.165) is 41.3 Å². The number of hydrogen-bond acceptors (Lipinski definition) is 6. The molecule has 1 atom stereocenters. The van der Waals surface area contributed by atoms with E-state index in [4.69, 9.17) is 15.3 Å². The van der Waals surface area contributed by atoms with Crippen LogP contribution < -0.4 is 9.64 Å². The van der Waals surface area contributed by atoms with Gasteiger partial charge in [-0.05, 0) is 43.6 Å². The SMILES string of the molecule is CCCCN(CC)c1nc2cc(OCCC(C)CC(C)(C)C)c(N=N)cc2s1. The van der Waals surface area contributed by atoms with Gasteiger partial charge in [0.1, 0.15) is 11.4 Å². The van der Waals surface area contributed by atoms with Crippen LogP contribution in [0.15, 0.2) is 17.2 Å². The zero-order valence-electron chi connectivity index (χ0n) is 18.3. The summed E-state index contributed by atoms with van der Waals surface area (Å²) in [4.78, 5) is 7.15.